The summed E-state index contributed by atoms with van der Waals surface area (Å²) in [4.78, 5) is 4.08. The molecule has 13 aromatic rings. The molecule has 0 radical (unpaired) electrons. The van der Waals surface area contributed by atoms with Crippen LogP contribution in [0.5, 0.6) is 23.0 Å². The van der Waals surface area contributed by atoms with E-state index in [0.29, 0.717) is 56.0 Å². The Morgan fingerprint density at radius 3 is 1.09 bits per heavy atom. The van der Waals surface area contributed by atoms with Gasteiger partial charge in [0, 0.05) is 56.5 Å². The van der Waals surface area contributed by atoms with Crippen molar-refractivity contribution >= 4 is 80.3 Å². The highest BCUT2D eigenvalue weighted by atomic mass is 16.5. The molecule has 0 fully saturated rings. The van der Waals surface area contributed by atoms with Crippen molar-refractivity contribution in [2.45, 2.75) is 131 Å². The van der Waals surface area contributed by atoms with Crippen LogP contribution in [0.3, 0.4) is 0 Å². The van der Waals surface area contributed by atoms with Gasteiger partial charge in [0.15, 0.2) is 0 Å². The predicted octanol–water partition coefficient (Wildman–Crippen LogP) is 23.0. The van der Waals surface area contributed by atoms with Crippen LogP contribution in [0.2, 0.25) is 0 Å². The summed E-state index contributed by atoms with van der Waals surface area (Å²) < 4.78 is 179. The molecule has 510 valence electrons. The zero-order valence-corrected chi connectivity index (χ0v) is 61.6. The Kier molecular flexibility index (Phi) is 11.9. The number of ether oxygens (including phenoxy) is 2. The normalized spacial score (nSPS) is 15.8. The van der Waals surface area contributed by atoms with Gasteiger partial charge < -0.3 is 19.3 Å². The fraction of sp³-hybridized carbons (Fsp3) is 0.204. The summed E-state index contributed by atoms with van der Waals surface area (Å²) in [7, 11) is 0. The fourth-order valence-corrected chi connectivity index (χ4v) is 15.4. The van der Waals surface area contributed by atoms with Gasteiger partial charge in [-0.2, -0.15) is 0 Å². The van der Waals surface area contributed by atoms with Crippen LogP contribution in [0.1, 0.15) is 154 Å². The molecule has 0 amide bonds. The lowest BCUT2D eigenvalue weighted by atomic mass is 9.30. The molecule has 6 heteroatoms. The van der Waals surface area contributed by atoms with Crippen molar-refractivity contribution in [1.82, 2.24) is 0 Å². The minimum atomic E-state index is -1.59. The Morgan fingerprint density at radius 2 is 0.654 bits per heavy atom. The lowest BCUT2D eigenvalue weighted by Gasteiger charge is -2.48. The van der Waals surface area contributed by atoms with Crippen LogP contribution < -0.4 is 52.1 Å². The first-order valence-electron chi connectivity index (χ1n) is 44.0. The van der Waals surface area contributed by atoms with E-state index in [9.17, 15) is 21.9 Å². The van der Waals surface area contributed by atoms with Gasteiger partial charge in [0.2, 0.25) is 0 Å². The van der Waals surface area contributed by atoms with E-state index in [0.717, 1.165) is 50.1 Å². The molecule has 0 atom stereocenters. The first-order chi connectivity index (χ1) is 56.4. The quantitative estimate of drug-likeness (QED) is 0.142. The number of nitrogens with zero attached hydrogens (tertiary/aromatic N) is 2. The molecule has 0 saturated heterocycles. The number of benzene rings is 13. The maximum Gasteiger partial charge on any atom is 0.260 e. The summed E-state index contributed by atoms with van der Waals surface area (Å²) in [6, 6.07) is 49.6. The van der Waals surface area contributed by atoms with Gasteiger partial charge in [-0.05, 0) is 181 Å². The first kappa shape index (κ1) is 50.5. The minimum absolute atomic E-state index is 0.0104. The highest BCUT2D eigenvalue weighted by Crippen LogP contribution is 2.57. The lowest BCUT2D eigenvalue weighted by molar-refractivity contribution is 0.467. The monoisotopic (exact) mass is 1360 g/mol. The van der Waals surface area contributed by atoms with E-state index < -0.39 is 137 Å². The molecule has 0 saturated carbocycles. The van der Waals surface area contributed by atoms with Crippen molar-refractivity contribution in [3.05, 3.63) is 300 Å². The molecule has 4 aliphatic heterocycles. The third kappa shape index (κ3) is 11.2. The van der Waals surface area contributed by atoms with Gasteiger partial charge in [-0.3, -0.25) is 0 Å². The Hall–Kier alpha value is -10.8. The highest BCUT2D eigenvalue weighted by Gasteiger charge is 2.52. The first-order valence-corrected chi connectivity index (χ1v) is 36.0. The third-order valence-corrected chi connectivity index (χ3v) is 21.1. The van der Waals surface area contributed by atoms with Crippen LogP contribution >= 0.6 is 0 Å². The van der Waals surface area contributed by atoms with Crippen LogP contribution in [0.25, 0.3) is 66.8 Å². The van der Waals surface area contributed by atoms with Gasteiger partial charge in [-0.1, -0.05) is 316 Å². The van der Waals surface area contributed by atoms with Gasteiger partial charge in [0.1, 0.15) is 23.0 Å². The van der Waals surface area contributed by atoms with Crippen LogP contribution in [-0.2, 0) is 27.1 Å². The Morgan fingerprint density at radius 1 is 0.279 bits per heavy atom. The zero-order chi connectivity index (χ0) is 86.0. The van der Waals surface area contributed by atoms with Crippen LogP contribution in [0.15, 0.2) is 273 Å². The van der Waals surface area contributed by atoms with Crippen molar-refractivity contribution in [2.24, 2.45) is 0 Å². The fourth-order valence-electron chi connectivity index (χ4n) is 15.4. The Labute approximate surface area is 639 Å². The van der Waals surface area contributed by atoms with Gasteiger partial charge in [-0.15, -0.1) is 0 Å². The summed E-state index contributed by atoms with van der Waals surface area (Å²) >= 11 is 0. The van der Waals surface area contributed by atoms with Crippen molar-refractivity contribution in [2.75, 3.05) is 9.80 Å². The van der Waals surface area contributed by atoms with E-state index in [-0.39, 0.29) is 78.7 Å². The molecule has 0 aliphatic carbocycles. The molecule has 0 bridgehead atoms. The van der Waals surface area contributed by atoms with E-state index in [1.54, 1.807) is 0 Å². The summed E-state index contributed by atoms with van der Waals surface area (Å²) in [5.74, 6) is -1.19. The predicted molar refractivity (Wildman–Crippen MR) is 444 cm³/mol. The molecule has 104 heavy (non-hydrogen) atoms. The van der Waals surface area contributed by atoms with E-state index in [2.05, 4.69) is 151 Å². The molecule has 0 spiro atoms. The summed E-state index contributed by atoms with van der Waals surface area (Å²) in [5, 5.41) is 0. The van der Waals surface area contributed by atoms with E-state index in [1.807, 2.05) is 138 Å². The van der Waals surface area contributed by atoms with Crippen molar-refractivity contribution in [1.29, 1.82) is 0 Å². The van der Waals surface area contributed by atoms with E-state index in [4.69, 9.17) is 9.47 Å². The maximum atomic E-state index is 12.0. The molecule has 13 aromatic carbocycles. The van der Waals surface area contributed by atoms with Gasteiger partial charge in [-0.25, -0.2) is 0 Å². The van der Waals surface area contributed by atoms with E-state index >= 15 is 0 Å². The SMILES string of the molecule is [2H]c1c([2H])c([2H])c2c(c1[2H])Oc1c([2H])c3c(c4c1B2c1c([2H])c([2H])c([2H])c([2H])c1O4)B1c2c(cc(C(C)(C)C)cc2N3c2c(-c3ccccc3)cc(C(C)(C)C)cc2-c2ccccc2)N(c2c(-c3ccccc3)cc(C(C)(C)C)cc2-c2ccccc2)c2c([2H])c([2H])c(-c3c([2H])c([2H])c([2H])c([2H])c3-c3cc(C(C)(C)C)cc(C(C)(C)C)c3)c([2H])c21. The van der Waals surface area contributed by atoms with Crippen molar-refractivity contribution in [3.63, 3.8) is 0 Å². The van der Waals surface area contributed by atoms with Crippen LogP contribution in [0, 0.1) is 0 Å². The molecule has 0 unspecified atom stereocenters. The molecular weight excluding hydrogens is 1260 g/mol. The number of rotatable bonds is 8. The Balaban J connectivity index is 1.17. The molecule has 0 N–H and O–H groups in total. The second kappa shape index (κ2) is 24.4. The second-order valence-corrected chi connectivity index (χ2v) is 33.2. The molecule has 4 aliphatic rings. The van der Waals surface area contributed by atoms with E-state index in [1.165, 1.54) is 0 Å². The highest BCUT2D eigenvalue weighted by molar-refractivity contribution is 7.03. The topological polar surface area (TPSA) is 24.9 Å². The summed E-state index contributed by atoms with van der Waals surface area (Å²) in [6.07, 6.45) is 0. The number of anilines is 6. The largest absolute Gasteiger partial charge is 0.459 e. The standard InChI is InChI=1S/C98H90B2N2O2/c1-94(2,3)67-50-66(51-68(53-67)95(4,5)6)73-43-29-28-42-72(73)65-48-49-81-80(52-65)100-88-82(101(81)91-74(61-34-20-16-21-35-61)54-69(96(7,8)9)55-75(91)62-36-22-17-23-37-62)58-71(98(13,14)15)59-83(88)102(92-76(63-38-24-18-25-39-63)56-70(97(10,11)12)57-77(92)64-40-26-19-27-41-64)84-60-87-90-93(89(84)100)104-86-47-33-31-45-79(86)99(90)78-44-30-32-46-85(78)103-87/h16-60H,1-15H3/i28D,29D,30D,31D,32D,33D,42D,43D,44D,45D,46D,47D,48D,49D,52D,60D. The lowest BCUT2D eigenvalue weighted by Crippen LogP contribution is -2.65. The average Bonchev–Trinajstić information content (AvgIpc) is 0.661. The average molecular weight is 1370 g/mol. The molecule has 17 rings (SSSR count). The number of para-hydroxylation sites is 2. The van der Waals surface area contributed by atoms with Crippen molar-refractivity contribution < 1.29 is 31.4 Å². The molecule has 0 aromatic heterocycles. The third-order valence-electron chi connectivity index (χ3n) is 21.1. The molecule has 4 heterocycles. The number of hydrogen-bond acceptors (Lipinski definition) is 4. The summed E-state index contributed by atoms with van der Waals surface area (Å²) in [5.41, 5.74) is 9.46. The van der Waals surface area contributed by atoms with Crippen LogP contribution in [0.4, 0.5) is 34.1 Å². The van der Waals surface area contributed by atoms with Gasteiger partial charge >= 0.3 is 0 Å². The van der Waals surface area contributed by atoms with Crippen molar-refractivity contribution in [3.8, 4) is 89.8 Å². The number of fused-ring (bicyclic) bond motifs is 9. The zero-order valence-electron chi connectivity index (χ0n) is 77.6. The van der Waals surface area contributed by atoms with Crippen LogP contribution in [-0.4, -0.2) is 13.4 Å². The van der Waals surface area contributed by atoms with Gasteiger partial charge in [0.25, 0.3) is 13.4 Å². The number of hydrogen-bond donors (Lipinski definition) is 0. The molecular formula is C98H90B2N2O2. The summed E-state index contributed by atoms with van der Waals surface area (Å²) in [6.45, 7) is 28.5. The smallest absolute Gasteiger partial charge is 0.260 e. The molecule has 4 nitrogen and oxygen atoms in total. The minimum Gasteiger partial charge on any atom is -0.459 e. The van der Waals surface area contributed by atoms with Gasteiger partial charge in [0.05, 0.1) is 33.3 Å². The maximum absolute atomic E-state index is 12.0. The Bertz CT molecular complexity index is 6410. The second-order valence-electron chi connectivity index (χ2n) is 33.2.